The third-order valence-corrected chi connectivity index (χ3v) is 2.68. The van der Waals surface area contributed by atoms with Crippen LogP contribution in [0.25, 0.3) is 0 Å². The van der Waals surface area contributed by atoms with Crippen LogP contribution in [0, 0.1) is 0 Å². The van der Waals surface area contributed by atoms with Crippen molar-refractivity contribution in [2.24, 2.45) is 0 Å². The molecule has 0 aliphatic rings. The molecule has 18 heavy (non-hydrogen) atoms. The summed E-state index contributed by atoms with van der Waals surface area (Å²) < 4.78 is 6.50. The molecule has 0 aromatic carbocycles. The fourth-order valence-electron chi connectivity index (χ4n) is 1.60. The molecule has 0 amide bonds. The van der Waals surface area contributed by atoms with Gasteiger partial charge in [-0.3, -0.25) is 9.36 Å². The highest BCUT2D eigenvalue weighted by Crippen LogP contribution is 2.05. The minimum atomic E-state index is -0.213. The van der Waals surface area contributed by atoms with Crippen molar-refractivity contribution in [2.45, 2.75) is 33.2 Å². The Morgan fingerprint density at radius 2 is 2.11 bits per heavy atom. The minimum Gasteiger partial charge on any atom is -0.339 e. The summed E-state index contributed by atoms with van der Waals surface area (Å²) in [4.78, 5) is 20.1. The van der Waals surface area contributed by atoms with E-state index in [4.69, 9.17) is 16.1 Å². The Kier molecular flexibility index (Phi) is 3.76. The molecule has 0 bridgehead atoms. The number of nitrogens with zero attached hydrogens (tertiary/aromatic N) is 4. The fraction of sp³-hybridized carbons (Fsp3) is 0.455. The lowest BCUT2D eigenvalue weighted by Gasteiger charge is -2.07. The van der Waals surface area contributed by atoms with Crippen molar-refractivity contribution in [1.82, 2.24) is 19.7 Å². The summed E-state index contributed by atoms with van der Waals surface area (Å²) in [6, 6.07) is 1.28. The van der Waals surface area contributed by atoms with Crippen LogP contribution in [0.15, 0.2) is 15.4 Å². The van der Waals surface area contributed by atoms with Gasteiger partial charge in [-0.25, -0.2) is 4.98 Å². The molecule has 0 aliphatic heterocycles. The minimum absolute atomic E-state index is 0.204. The molecule has 0 radical (unpaired) electrons. The number of aromatic nitrogens is 4. The molecule has 6 nitrogen and oxygen atoms in total. The van der Waals surface area contributed by atoms with Crippen molar-refractivity contribution in [3.63, 3.8) is 0 Å². The summed E-state index contributed by atoms with van der Waals surface area (Å²) in [6.45, 7) is 4.07. The van der Waals surface area contributed by atoms with Gasteiger partial charge in [0, 0.05) is 18.9 Å². The highest BCUT2D eigenvalue weighted by Gasteiger charge is 2.11. The number of halogens is 1. The number of aryl methyl sites for hydroxylation is 2. The highest BCUT2D eigenvalue weighted by molar-refractivity contribution is 6.29. The molecule has 0 N–H and O–H groups in total. The van der Waals surface area contributed by atoms with Crippen molar-refractivity contribution >= 4 is 11.6 Å². The SMILES string of the molecule is CCc1nc(Cn2c(CC)nc(Cl)cc2=O)no1. The Morgan fingerprint density at radius 3 is 2.72 bits per heavy atom. The van der Waals surface area contributed by atoms with Gasteiger partial charge in [-0.05, 0) is 0 Å². The van der Waals surface area contributed by atoms with E-state index in [9.17, 15) is 4.79 Å². The monoisotopic (exact) mass is 268 g/mol. The van der Waals surface area contributed by atoms with Gasteiger partial charge >= 0.3 is 0 Å². The molecule has 2 heterocycles. The Balaban J connectivity index is 2.36. The third kappa shape index (κ3) is 2.59. The molecule has 0 aliphatic carbocycles. The first-order valence-corrected chi connectivity index (χ1v) is 6.09. The summed E-state index contributed by atoms with van der Waals surface area (Å²) in [6.07, 6.45) is 1.27. The second kappa shape index (κ2) is 5.30. The van der Waals surface area contributed by atoms with Gasteiger partial charge in [-0.2, -0.15) is 4.98 Å². The number of hydrogen-bond acceptors (Lipinski definition) is 5. The first kappa shape index (κ1) is 12.8. The normalized spacial score (nSPS) is 10.8. The number of rotatable bonds is 4. The summed E-state index contributed by atoms with van der Waals surface area (Å²) in [5, 5.41) is 4.02. The second-order valence-electron chi connectivity index (χ2n) is 3.73. The molecule has 0 atom stereocenters. The third-order valence-electron chi connectivity index (χ3n) is 2.48. The van der Waals surface area contributed by atoms with Crippen molar-refractivity contribution in [1.29, 1.82) is 0 Å². The summed E-state index contributed by atoms with van der Waals surface area (Å²) in [5.41, 5.74) is -0.213. The maximum atomic E-state index is 11.9. The Morgan fingerprint density at radius 1 is 1.33 bits per heavy atom. The molecule has 2 aromatic rings. The van der Waals surface area contributed by atoms with Crippen LogP contribution in [-0.4, -0.2) is 19.7 Å². The zero-order valence-electron chi connectivity index (χ0n) is 10.2. The molecule has 0 unspecified atom stereocenters. The summed E-state index contributed by atoms with van der Waals surface area (Å²) in [5.74, 6) is 1.63. The van der Waals surface area contributed by atoms with E-state index in [-0.39, 0.29) is 17.3 Å². The molecule has 96 valence electrons. The zero-order chi connectivity index (χ0) is 13.1. The van der Waals surface area contributed by atoms with Crippen LogP contribution in [0.4, 0.5) is 0 Å². The van der Waals surface area contributed by atoms with Crippen molar-refractivity contribution in [3.05, 3.63) is 39.1 Å². The van der Waals surface area contributed by atoms with Crippen molar-refractivity contribution < 1.29 is 4.52 Å². The Hall–Kier alpha value is -1.69. The average molecular weight is 269 g/mol. The van der Waals surface area contributed by atoms with Crippen LogP contribution in [-0.2, 0) is 19.4 Å². The maximum absolute atomic E-state index is 11.9. The summed E-state index contributed by atoms with van der Waals surface area (Å²) >= 11 is 5.76. The molecule has 2 aromatic heterocycles. The van der Waals surface area contributed by atoms with Crippen LogP contribution < -0.4 is 5.56 Å². The fourth-order valence-corrected chi connectivity index (χ4v) is 1.79. The molecule has 0 saturated carbocycles. The van der Waals surface area contributed by atoms with E-state index in [0.29, 0.717) is 30.4 Å². The molecular formula is C11H13ClN4O2. The van der Waals surface area contributed by atoms with Crippen LogP contribution in [0.2, 0.25) is 5.15 Å². The topological polar surface area (TPSA) is 73.8 Å². The molecule has 7 heteroatoms. The quantitative estimate of drug-likeness (QED) is 0.785. The van der Waals surface area contributed by atoms with Crippen molar-refractivity contribution in [3.8, 4) is 0 Å². The molecule has 0 spiro atoms. The number of hydrogen-bond donors (Lipinski definition) is 0. The van der Waals surface area contributed by atoms with Gasteiger partial charge in [0.15, 0.2) is 5.82 Å². The van der Waals surface area contributed by atoms with E-state index in [1.807, 2.05) is 13.8 Å². The standard InChI is InChI=1S/C11H13ClN4O2/c1-3-9-13-7(12)5-11(17)16(9)6-8-14-10(4-2)18-15-8/h5H,3-4,6H2,1-2H3. The predicted molar refractivity (Wildman–Crippen MR) is 65.7 cm³/mol. The van der Waals surface area contributed by atoms with E-state index < -0.39 is 0 Å². The maximum Gasteiger partial charge on any atom is 0.255 e. The van der Waals surface area contributed by atoms with E-state index in [1.165, 1.54) is 10.6 Å². The first-order chi connectivity index (χ1) is 8.63. The predicted octanol–water partition coefficient (Wildman–Crippen LogP) is 1.45. The zero-order valence-corrected chi connectivity index (χ0v) is 10.9. The molecule has 0 saturated heterocycles. The molecule has 2 rings (SSSR count). The average Bonchev–Trinajstić information content (AvgIpc) is 2.80. The summed E-state index contributed by atoms with van der Waals surface area (Å²) in [7, 11) is 0. The van der Waals surface area contributed by atoms with Crippen LogP contribution in [0.3, 0.4) is 0 Å². The smallest absolute Gasteiger partial charge is 0.255 e. The Bertz CT molecular complexity index is 605. The Labute approximate surface area is 109 Å². The van der Waals surface area contributed by atoms with Gasteiger partial charge in [-0.15, -0.1) is 0 Å². The van der Waals surface area contributed by atoms with Crippen LogP contribution >= 0.6 is 11.6 Å². The van der Waals surface area contributed by atoms with Crippen molar-refractivity contribution in [2.75, 3.05) is 0 Å². The van der Waals surface area contributed by atoms with Gasteiger partial charge in [0.05, 0.1) is 6.54 Å². The van der Waals surface area contributed by atoms with E-state index in [2.05, 4.69) is 15.1 Å². The molecule has 0 fully saturated rings. The lowest BCUT2D eigenvalue weighted by Crippen LogP contribution is -2.25. The van der Waals surface area contributed by atoms with Gasteiger partial charge in [-0.1, -0.05) is 30.6 Å². The van der Waals surface area contributed by atoms with Gasteiger partial charge in [0.2, 0.25) is 5.89 Å². The largest absolute Gasteiger partial charge is 0.339 e. The lowest BCUT2D eigenvalue weighted by molar-refractivity contribution is 0.375. The van der Waals surface area contributed by atoms with E-state index in [1.54, 1.807) is 0 Å². The van der Waals surface area contributed by atoms with Gasteiger partial charge in [0.25, 0.3) is 5.56 Å². The van der Waals surface area contributed by atoms with E-state index >= 15 is 0 Å². The lowest BCUT2D eigenvalue weighted by atomic mass is 10.4. The molecular weight excluding hydrogens is 256 g/mol. The first-order valence-electron chi connectivity index (χ1n) is 5.71. The second-order valence-corrected chi connectivity index (χ2v) is 4.12. The van der Waals surface area contributed by atoms with Gasteiger partial charge in [0.1, 0.15) is 11.0 Å². The van der Waals surface area contributed by atoms with Crippen LogP contribution in [0.5, 0.6) is 0 Å². The van der Waals surface area contributed by atoms with Crippen LogP contribution in [0.1, 0.15) is 31.4 Å². The van der Waals surface area contributed by atoms with E-state index in [0.717, 1.165) is 0 Å². The van der Waals surface area contributed by atoms with Gasteiger partial charge < -0.3 is 4.52 Å². The highest BCUT2D eigenvalue weighted by atomic mass is 35.5.